The first-order chi connectivity index (χ1) is 7.96. The van der Waals surface area contributed by atoms with E-state index < -0.39 is 12.6 Å². The molecule has 2 heterocycles. The van der Waals surface area contributed by atoms with Crippen molar-refractivity contribution in [2.45, 2.75) is 50.9 Å². The summed E-state index contributed by atoms with van der Waals surface area (Å²) in [5.74, 6) is 0. The quantitative estimate of drug-likeness (QED) is 0.743. The Morgan fingerprint density at radius 3 is 2.59 bits per heavy atom. The number of nitrogens with zero attached hydrogens (tertiary/aromatic N) is 2. The molecule has 0 amide bonds. The standard InChI is InChI=1S/C12H21F3N2/c1-10(8-12(13,14)15)17-7-3-6-16-5-2-4-11(16)9-17/h10-11H,2-9H2,1H3. The van der Waals surface area contributed by atoms with Gasteiger partial charge in [-0.05, 0) is 45.8 Å². The van der Waals surface area contributed by atoms with Gasteiger partial charge in [-0.3, -0.25) is 9.80 Å². The van der Waals surface area contributed by atoms with E-state index in [0.29, 0.717) is 6.04 Å². The maximum absolute atomic E-state index is 12.4. The van der Waals surface area contributed by atoms with Gasteiger partial charge in [0.05, 0.1) is 6.42 Å². The van der Waals surface area contributed by atoms with Crippen molar-refractivity contribution in [2.24, 2.45) is 0 Å². The second-order valence-corrected chi connectivity index (χ2v) is 5.35. The summed E-state index contributed by atoms with van der Waals surface area (Å²) < 4.78 is 37.2. The van der Waals surface area contributed by atoms with Crippen LogP contribution in [0.4, 0.5) is 13.2 Å². The lowest BCUT2D eigenvalue weighted by atomic mass is 10.1. The van der Waals surface area contributed by atoms with E-state index in [9.17, 15) is 13.2 Å². The van der Waals surface area contributed by atoms with Gasteiger partial charge in [0.25, 0.3) is 0 Å². The van der Waals surface area contributed by atoms with E-state index >= 15 is 0 Å². The Hall–Kier alpha value is -0.290. The summed E-state index contributed by atoms with van der Waals surface area (Å²) in [5, 5.41) is 0. The summed E-state index contributed by atoms with van der Waals surface area (Å²) in [5.41, 5.74) is 0. The van der Waals surface area contributed by atoms with Crippen molar-refractivity contribution in [3.63, 3.8) is 0 Å². The molecule has 5 heteroatoms. The van der Waals surface area contributed by atoms with Crippen molar-refractivity contribution < 1.29 is 13.2 Å². The molecule has 2 aliphatic heterocycles. The van der Waals surface area contributed by atoms with Crippen LogP contribution in [-0.4, -0.2) is 54.2 Å². The van der Waals surface area contributed by atoms with Gasteiger partial charge >= 0.3 is 6.18 Å². The van der Waals surface area contributed by atoms with Crippen LogP contribution in [0.25, 0.3) is 0 Å². The van der Waals surface area contributed by atoms with Gasteiger partial charge < -0.3 is 0 Å². The topological polar surface area (TPSA) is 6.48 Å². The van der Waals surface area contributed by atoms with Crippen LogP contribution in [0.2, 0.25) is 0 Å². The minimum absolute atomic E-state index is 0.379. The Morgan fingerprint density at radius 1 is 1.18 bits per heavy atom. The van der Waals surface area contributed by atoms with Crippen molar-refractivity contribution in [2.75, 3.05) is 26.2 Å². The fourth-order valence-electron chi connectivity index (χ4n) is 3.10. The van der Waals surface area contributed by atoms with Gasteiger partial charge in [0, 0.05) is 18.6 Å². The molecule has 2 unspecified atom stereocenters. The van der Waals surface area contributed by atoms with Crippen LogP contribution >= 0.6 is 0 Å². The first-order valence-corrected chi connectivity index (χ1v) is 6.50. The zero-order valence-electron chi connectivity index (χ0n) is 10.3. The molecule has 2 saturated heterocycles. The van der Waals surface area contributed by atoms with Gasteiger partial charge in [-0.1, -0.05) is 0 Å². The average molecular weight is 250 g/mol. The number of hydrogen-bond acceptors (Lipinski definition) is 2. The van der Waals surface area contributed by atoms with E-state index in [1.54, 1.807) is 6.92 Å². The Bertz CT molecular complexity index is 255. The van der Waals surface area contributed by atoms with Crippen LogP contribution in [0.5, 0.6) is 0 Å². The lowest BCUT2D eigenvalue weighted by Gasteiger charge is -2.31. The molecule has 0 saturated carbocycles. The lowest BCUT2D eigenvalue weighted by Crippen LogP contribution is -2.42. The molecule has 17 heavy (non-hydrogen) atoms. The van der Waals surface area contributed by atoms with Gasteiger partial charge in [-0.2, -0.15) is 13.2 Å². The third-order valence-electron chi connectivity index (χ3n) is 3.99. The van der Waals surface area contributed by atoms with Crippen molar-refractivity contribution in [3.8, 4) is 0 Å². The third-order valence-corrected chi connectivity index (χ3v) is 3.99. The van der Waals surface area contributed by atoms with Gasteiger partial charge in [0.1, 0.15) is 0 Å². The predicted molar refractivity (Wildman–Crippen MR) is 60.9 cm³/mol. The highest BCUT2D eigenvalue weighted by atomic mass is 19.4. The monoisotopic (exact) mass is 250 g/mol. The second-order valence-electron chi connectivity index (χ2n) is 5.35. The number of hydrogen-bond donors (Lipinski definition) is 0. The molecule has 2 nitrogen and oxygen atoms in total. The molecule has 0 N–H and O–H groups in total. The smallest absolute Gasteiger partial charge is 0.299 e. The molecule has 0 aromatic carbocycles. The van der Waals surface area contributed by atoms with Gasteiger partial charge in [-0.15, -0.1) is 0 Å². The molecule has 0 bridgehead atoms. The fraction of sp³-hybridized carbons (Fsp3) is 1.00. The fourth-order valence-corrected chi connectivity index (χ4v) is 3.10. The molecular formula is C12H21F3N2. The molecule has 2 aliphatic rings. The van der Waals surface area contributed by atoms with Crippen LogP contribution in [0, 0.1) is 0 Å². The molecule has 0 aromatic rings. The molecule has 2 atom stereocenters. The normalized spacial score (nSPS) is 30.0. The number of fused-ring (bicyclic) bond motifs is 1. The Kier molecular flexibility index (Phi) is 3.98. The van der Waals surface area contributed by atoms with Crippen LogP contribution in [-0.2, 0) is 0 Å². The summed E-state index contributed by atoms with van der Waals surface area (Å²) in [7, 11) is 0. The zero-order valence-corrected chi connectivity index (χ0v) is 10.3. The van der Waals surface area contributed by atoms with E-state index in [1.807, 2.05) is 4.90 Å². The summed E-state index contributed by atoms with van der Waals surface area (Å²) in [6.07, 6.45) is -1.37. The molecule has 0 aliphatic carbocycles. The van der Waals surface area contributed by atoms with E-state index in [0.717, 1.165) is 39.0 Å². The summed E-state index contributed by atoms with van der Waals surface area (Å²) >= 11 is 0. The predicted octanol–water partition coefficient (Wildman–Crippen LogP) is 2.50. The first-order valence-electron chi connectivity index (χ1n) is 6.50. The van der Waals surface area contributed by atoms with Gasteiger partial charge in [0.2, 0.25) is 0 Å². The molecule has 0 spiro atoms. The summed E-state index contributed by atoms with van der Waals surface area (Å²) in [4.78, 5) is 4.48. The first kappa shape index (κ1) is 13.1. The Balaban J connectivity index is 1.91. The molecule has 100 valence electrons. The van der Waals surface area contributed by atoms with E-state index in [2.05, 4.69) is 4.90 Å². The minimum atomic E-state index is -4.04. The van der Waals surface area contributed by atoms with Crippen LogP contribution in [0.3, 0.4) is 0 Å². The highest BCUT2D eigenvalue weighted by Gasteiger charge is 2.35. The van der Waals surface area contributed by atoms with Crippen LogP contribution in [0.1, 0.15) is 32.6 Å². The van der Waals surface area contributed by atoms with Gasteiger partial charge in [0.15, 0.2) is 0 Å². The van der Waals surface area contributed by atoms with E-state index in [-0.39, 0.29) is 6.04 Å². The Morgan fingerprint density at radius 2 is 1.88 bits per heavy atom. The molecule has 2 rings (SSSR count). The van der Waals surface area contributed by atoms with Crippen molar-refractivity contribution in [1.29, 1.82) is 0 Å². The highest BCUT2D eigenvalue weighted by Crippen LogP contribution is 2.27. The second kappa shape index (κ2) is 5.14. The average Bonchev–Trinajstić information content (AvgIpc) is 2.53. The van der Waals surface area contributed by atoms with Gasteiger partial charge in [-0.25, -0.2) is 0 Å². The van der Waals surface area contributed by atoms with E-state index in [4.69, 9.17) is 0 Å². The molecule has 2 fully saturated rings. The van der Waals surface area contributed by atoms with E-state index in [1.165, 1.54) is 6.42 Å². The lowest BCUT2D eigenvalue weighted by molar-refractivity contribution is -0.146. The largest absolute Gasteiger partial charge is 0.390 e. The number of alkyl halides is 3. The molecule has 0 aromatic heterocycles. The summed E-state index contributed by atoms with van der Waals surface area (Å²) in [6.45, 7) is 5.52. The van der Waals surface area contributed by atoms with Crippen LogP contribution in [0.15, 0.2) is 0 Å². The molecular weight excluding hydrogens is 229 g/mol. The summed E-state index contributed by atoms with van der Waals surface area (Å²) in [6, 6.07) is 0.115. The number of halogens is 3. The maximum atomic E-state index is 12.4. The molecule has 0 radical (unpaired) electrons. The highest BCUT2D eigenvalue weighted by molar-refractivity contribution is 4.86. The van der Waals surface area contributed by atoms with Crippen molar-refractivity contribution >= 4 is 0 Å². The van der Waals surface area contributed by atoms with Crippen LogP contribution < -0.4 is 0 Å². The Labute approximate surface area is 101 Å². The minimum Gasteiger partial charge on any atom is -0.299 e. The van der Waals surface area contributed by atoms with Crippen molar-refractivity contribution in [1.82, 2.24) is 9.80 Å². The number of rotatable bonds is 2. The zero-order chi connectivity index (χ0) is 12.5. The SMILES string of the molecule is CC(CC(F)(F)F)N1CCCN2CCCC2C1. The van der Waals surface area contributed by atoms with Crippen molar-refractivity contribution in [3.05, 3.63) is 0 Å². The maximum Gasteiger partial charge on any atom is 0.390 e. The third kappa shape index (κ3) is 3.58.